The normalized spacial score (nSPS) is 11.2. The number of hydrogen-bond acceptors (Lipinski definition) is 1. The van der Waals surface area contributed by atoms with Crippen molar-refractivity contribution < 1.29 is 18.0 Å². The highest BCUT2D eigenvalue weighted by Crippen LogP contribution is 2.33. The molecule has 0 fully saturated rings. The molecule has 2 aromatic rings. The van der Waals surface area contributed by atoms with Crippen LogP contribution in [0.1, 0.15) is 17.5 Å². The number of aryl methyl sites for hydroxylation is 1. The summed E-state index contributed by atoms with van der Waals surface area (Å²) in [5.41, 5.74) is 0.207. The molecule has 2 aromatic carbocycles. The Kier molecular flexibility index (Phi) is 6.09. The number of alkyl halides is 3. The largest absolute Gasteiger partial charge is 0.416 e. The van der Waals surface area contributed by atoms with E-state index in [0.29, 0.717) is 13.0 Å². The topological polar surface area (TPSA) is 41.1 Å². The fourth-order valence-electron chi connectivity index (χ4n) is 2.10. The summed E-state index contributed by atoms with van der Waals surface area (Å²) in [6.07, 6.45) is -2.98. The van der Waals surface area contributed by atoms with Crippen LogP contribution >= 0.6 is 11.6 Å². The highest BCUT2D eigenvalue weighted by molar-refractivity contribution is 6.33. The molecule has 24 heavy (non-hydrogen) atoms. The molecule has 0 atom stereocenters. The van der Waals surface area contributed by atoms with E-state index >= 15 is 0 Å². The predicted octanol–water partition coefficient (Wildman–Crippen LogP) is 5.11. The minimum atomic E-state index is -4.49. The summed E-state index contributed by atoms with van der Waals surface area (Å²) in [5, 5.41) is 4.98. The lowest BCUT2D eigenvalue weighted by Crippen LogP contribution is -2.30. The number of urea groups is 1. The molecule has 0 aliphatic rings. The second-order valence-electron chi connectivity index (χ2n) is 5.16. The van der Waals surface area contributed by atoms with Gasteiger partial charge in [-0.15, -0.1) is 0 Å². The monoisotopic (exact) mass is 356 g/mol. The van der Waals surface area contributed by atoms with E-state index in [9.17, 15) is 18.0 Å². The molecule has 3 nitrogen and oxygen atoms in total. The zero-order chi connectivity index (χ0) is 17.6. The molecule has 0 aromatic heterocycles. The van der Waals surface area contributed by atoms with Gasteiger partial charge in [0.15, 0.2) is 0 Å². The van der Waals surface area contributed by atoms with E-state index in [0.717, 1.165) is 30.2 Å². The summed E-state index contributed by atoms with van der Waals surface area (Å²) >= 11 is 5.82. The minimum Gasteiger partial charge on any atom is -0.338 e. The molecule has 0 aliphatic carbocycles. The number of rotatable bonds is 5. The number of carbonyl (C=O) groups excluding carboxylic acids is 1. The first-order chi connectivity index (χ1) is 11.4. The fourth-order valence-corrected chi connectivity index (χ4v) is 2.27. The molecule has 0 aliphatic heterocycles. The maximum atomic E-state index is 12.7. The molecule has 2 amide bonds. The molecular formula is C17H16ClF3N2O. The predicted molar refractivity (Wildman–Crippen MR) is 88.2 cm³/mol. The Hall–Kier alpha value is -2.21. The van der Waals surface area contributed by atoms with Gasteiger partial charge < -0.3 is 10.6 Å². The molecule has 128 valence electrons. The molecule has 0 spiro atoms. The number of halogens is 4. The second kappa shape index (κ2) is 8.06. The molecule has 2 N–H and O–H groups in total. The van der Waals surface area contributed by atoms with E-state index in [2.05, 4.69) is 10.6 Å². The van der Waals surface area contributed by atoms with Crippen molar-refractivity contribution in [1.29, 1.82) is 0 Å². The number of carbonyl (C=O) groups is 1. The van der Waals surface area contributed by atoms with Gasteiger partial charge in [-0.2, -0.15) is 13.2 Å². The van der Waals surface area contributed by atoms with Crippen LogP contribution in [0.3, 0.4) is 0 Å². The van der Waals surface area contributed by atoms with Gasteiger partial charge in [0.2, 0.25) is 0 Å². The van der Waals surface area contributed by atoms with Crippen molar-refractivity contribution in [1.82, 2.24) is 5.32 Å². The van der Waals surface area contributed by atoms with Crippen LogP contribution in [-0.2, 0) is 12.6 Å². The lowest BCUT2D eigenvalue weighted by molar-refractivity contribution is -0.137. The van der Waals surface area contributed by atoms with Crippen molar-refractivity contribution in [2.45, 2.75) is 19.0 Å². The quantitative estimate of drug-likeness (QED) is 0.718. The van der Waals surface area contributed by atoms with Crippen LogP contribution in [0.5, 0.6) is 0 Å². The molecule has 2 rings (SSSR count). The van der Waals surface area contributed by atoms with E-state index in [-0.39, 0.29) is 10.7 Å². The van der Waals surface area contributed by atoms with Crippen LogP contribution in [-0.4, -0.2) is 12.6 Å². The first kappa shape index (κ1) is 18.1. The van der Waals surface area contributed by atoms with Crippen molar-refractivity contribution >= 4 is 23.3 Å². The summed E-state index contributed by atoms with van der Waals surface area (Å²) in [5.74, 6) is 0. The molecule has 0 bridgehead atoms. The van der Waals surface area contributed by atoms with Crippen LogP contribution in [0, 0.1) is 0 Å². The van der Waals surface area contributed by atoms with Crippen molar-refractivity contribution in [3.05, 3.63) is 64.7 Å². The molecule has 0 saturated heterocycles. The van der Waals surface area contributed by atoms with E-state index in [1.54, 1.807) is 0 Å². The average molecular weight is 357 g/mol. The molecule has 0 unspecified atom stereocenters. The zero-order valence-electron chi connectivity index (χ0n) is 12.7. The summed E-state index contributed by atoms with van der Waals surface area (Å²) in [7, 11) is 0. The van der Waals surface area contributed by atoms with Gasteiger partial charge in [-0.05, 0) is 36.6 Å². The van der Waals surface area contributed by atoms with Crippen LogP contribution in [0.4, 0.5) is 23.7 Å². The number of hydrogen-bond donors (Lipinski definition) is 2. The maximum absolute atomic E-state index is 12.7. The van der Waals surface area contributed by atoms with E-state index in [4.69, 9.17) is 11.6 Å². The van der Waals surface area contributed by atoms with Gasteiger partial charge in [0.1, 0.15) is 0 Å². The first-order valence-corrected chi connectivity index (χ1v) is 7.69. The molecule has 0 saturated carbocycles. The Labute approximate surface area is 142 Å². The standard InChI is InChI=1S/C17H16ClF3N2O/c18-14-9-8-13(17(19,20)21)11-15(14)23-16(24)22-10-4-7-12-5-2-1-3-6-12/h1-3,5-6,8-9,11H,4,7,10H2,(H2,22,23,24). The highest BCUT2D eigenvalue weighted by Gasteiger charge is 2.31. The van der Waals surface area contributed by atoms with Gasteiger partial charge in [0, 0.05) is 6.54 Å². The number of nitrogens with one attached hydrogen (secondary N) is 2. The number of amides is 2. The molecule has 0 heterocycles. The summed E-state index contributed by atoms with van der Waals surface area (Å²) in [6, 6.07) is 12.0. The van der Waals surface area contributed by atoms with Crippen LogP contribution in [0.2, 0.25) is 5.02 Å². The van der Waals surface area contributed by atoms with Crippen molar-refractivity contribution in [3.63, 3.8) is 0 Å². The Bertz CT molecular complexity index is 690. The summed E-state index contributed by atoms with van der Waals surface area (Å²) in [4.78, 5) is 11.8. The maximum Gasteiger partial charge on any atom is 0.416 e. The van der Waals surface area contributed by atoms with Gasteiger partial charge in [-0.25, -0.2) is 4.79 Å². The summed E-state index contributed by atoms with van der Waals surface area (Å²) in [6.45, 7) is 0.400. The van der Waals surface area contributed by atoms with Gasteiger partial charge in [0.25, 0.3) is 0 Å². The van der Waals surface area contributed by atoms with Crippen molar-refractivity contribution in [2.75, 3.05) is 11.9 Å². The summed E-state index contributed by atoms with van der Waals surface area (Å²) < 4.78 is 38.0. The Morgan fingerprint density at radius 2 is 1.79 bits per heavy atom. The van der Waals surface area contributed by atoms with E-state index in [1.165, 1.54) is 0 Å². The number of anilines is 1. The third kappa shape index (κ3) is 5.45. The third-order valence-electron chi connectivity index (χ3n) is 3.31. The Morgan fingerprint density at radius 3 is 2.46 bits per heavy atom. The number of benzene rings is 2. The van der Waals surface area contributed by atoms with Gasteiger partial charge in [0.05, 0.1) is 16.3 Å². The van der Waals surface area contributed by atoms with Gasteiger partial charge >= 0.3 is 12.2 Å². The smallest absolute Gasteiger partial charge is 0.338 e. The SMILES string of the molecule is O=C(NCCCc1ccccc1)Nc1cc(C(F)(F)F)ccc1Cl. The molecule has 7 heteroatoms. The van der Waals surface area contributed by atoms with Gasteiger partial charge in [-0.3, -0.25) is 0 Å². The lowest BCUT2D eigenvalue weighted by atomic mass is 10.1. The highest BCUT2D eigenvalue weighted by atomic mass is 35.5. The molecular weight excluding hydrogens is 341 g/mol. The molecule has 0 radical (unpaired) electrons. The average Bonchev–Trinajstić information content (AvgIpc) is 2.53. The Balaban J connectivity index is 1.84. The van der Waals surface area contributed by atoms with Crippen LogP contribution < -0.4 is 10.6 Å². The minimum absolute atomic E-state index is 0.0439. The van der Waals surface area contributed by atoms with Crippen LogP contribution in [0.15, 0.2) is 48.5 Å². The first-order valence-electron chi connectivity index (χ1n) is 7.32. The van der Waals surface area contributed by atoms with E-state index in [1.807, 2.05) is 30.3 Å². The zero-order valence-corrected chi connectivity index (χ0v) is 13.4. The van der Waals surface area contributed by atoms with Crippen molar-refractivity contribution in [3.8, 4) is 0 Å². The third-order valence-corrected chi connectivity index (χ3v) is 3.64. The second-order valence-corrected chi connectivity index (χ2v) is 5.57. The van der Waals surface area contributed by atoms with Crippen LogP contribution in [0.25, 0.3) is 0 Å². The fraction of sp³-hybridized carbons (Fsp3) is 0.235. The van der Waals surface area contributed by atoms with Crippen molar-refractivity contribution in [2.24, 2.45) is 0 Å². The van der Waals surface area contributed by atoms with Gasteiger partial charge in [-0.1, -0.05) is 41.9 Å². The van der Waals surface area contributed by atoms with E-state index < -0.39 is 17.8 Å². The lowest BCUT2D eigenvalue weighted by Gasteiger charge is -2.12. The Morgan fingerprint density at radius 1 is 1.08 bits per heavy atom.